The monoisotopic (exact) mass is 357 g/mol. The molecule has 0 spiro atoms. The fraction of sp³-hybridized carbons (Fsp3) is 0.188. The first-order chi connectivity index (χ1) is 10.9. The van der Waals surface area contributed by atoms with Gasteiger partial charge in [-0.3, -0.25) is 9.00 Å². The van der Waals surface area contributed by atoms with Crippen LogP contribution in [0.25, 0.3) is 0 Å². The molecule has 1 unspecified atom stereocenters. The zero-order valence-electron chi connectivity index (χ0n) is 12.0. The topological polar surface area (TPSA) is 46.2 Å². The van der Waals surface area contributed by atoms with Gasteiger partial charge in [-0.25, -0.2) is 8.78 Å². The van der Waals surface area contributed by atoms with E-state index >= 15 is 0 Å². The minimum atomic E-state index is -1.30. The van der Waals surface area contributed by atoms with E-state index in [1.807, 2.05) is 0 Å². The van der Waals surface area contributed by atoms with Crippen LogP contribution in [0.3, 0.4) is 0 Å². The van der Waals surface area contributed by atoms with E-state index in [0.717, 1.165) is 6.07 Å². The zero-order valence-corrected chi connectivity index (χ0v) is 13.6. The minimum Gasteiger partial charge on any atom is -0.326 e. The number of rotatable bonds is 6. The molecule has 1 N–H and O–H groups in total. The molecule has 0 aliphatic rings. The van der Waals surface area contributed by atoms with E-state index in [1.54, 1.807) is 0 Å². The van der Waals surface area contributed by atoms with Gasteiger partial charge in [-0.15, -0.1) is 0 Å². The quantitative estimate of drug-likeness (QED) is 0.852. The molecule has 2 aromatic rings. The van der Waals surface area contributed by atoms with Crippen molar-refractivity contribution >= 4 is 34.0 Å². The molecule has 2 aromatic carbocycles. The largest absolute Gasteiger partial charge is 0.326 e. The average Bonchev–Trinajstić information content (AvgIpc) is 2.50. The van der Waals surface area contributed by atoms with Gasteiger partial charge in [0.1, 0.15) is 11.6 Å². The standard InChI is InChI=1S/C16H14ClF2NO2S/c17-15-9-13(19)2-1-11(15)10-23(22)8-7-16(21)20-14-5-3-12(18)4-6-14/h1-6,9H,7-8,10H2,(H,20,21). The Balaban J connectivity index is 1.81. The Bertz CT molecular complexity index is 723. The molecule has 0 aliphatic carbocycles. The smallest absolute Gasteiger partial charge is 0.225 e. The maximum absolute atomic E-state index is 12.9. The second-order valence-electron chi connectivity index (χ2n) is 4.83. The summed E-state index contributed by atoms with van der Waals surface area (Å²) in [7, 11) is -1.30. The molecule has 1 atom stereocenters. The number of halogens is 3. The number of carbonyl (C=O) groups is 1. The van der Waals surface area contributed by atoms with Gasteiger partial charge in [0.15, 0.2) is 0 Å². The van der Waals surface area contributed by atoms with Crippen LogP contribution in [0.4, 0.5) is 14.5 Å². The highest BCUT2D eigenvalue weighted by atomic mass is 35.5. The van der Waals surface area contributed by atoms with Crippen LogP contribution >= 0.6 is 11.6 Å². The first-order valence-corrected chi connectivity index (χ1v) is 8.65. The van der Waals surface area contributed by atoms with E-state index < -0.39 is 16.6 Å². The van der Waals surface area contributed by atoms with Gasteiger partial charge < -0.3 is 5.32 Å². The van der Waals surface area contributed by atoms with Gasteiger partial charge in [-0.2, -0.15) is 0 Å². The molecule has 3 nitrogen and oxygen atoms in total. The average molecular weight is 358 g/mol. The summed E-state index contributed by atoms with van der Waals surface area (Å²) < 4.78 is 37.7. The molecule has 0 heterocycles. The summed E-state index contributed by atoms with van der Waals surface area (Å²) in [6.07, 6.45) is 0.0583. The fourth-order valence-corrected chi connectivity index (χ4v) is 3.32. The number of amides is 1. The van der Waals surface area contributed by atoms with E-state index in [1.165, 1.54) is 36.4 Å². The third-order valence-corrected chi connectivity index (χ3v) is 4.66. The number of carbonyl (C=O) groups excluding carboxylic acids is 1. The van der Waals surface area contributed by atoms with Crippen LogP contribution in [0.2, 0.25) is 5.02 Å². The maximum Gasteiger partial charge on any atom is 0.225 e. The lowest BCUT2D eigenvalue weighted by Crippen LogP contribution is -2.15. The van der Waals surface area contributed by atoms with Crippen molar-refractivity contribution in [1.82, 2.24) is 0 Å². The second kappa shape index (κ2) is 8.17. The summed E-state index contributed by atoms with van der Waals surface area (Å²) in [6, 6.07) is 9.27. The number of anilines is 1. The van der Waals surface area contributed by atoms with Crippen LogP contribution in [-0.4, -0.2) is 15.9 Å². The molecule has 7 heteroatoms. The van der Waals surface area contributed by atoms with Crippen LogP contribution in [0, 0.1) is 11.6 Å². The van der Waals surface area contributed by atoms with Crippen LogP contribution < -0.4 is 5.32 Å². The van der Waals surface area contributed by atoms with Crippen LogP contribution in [0.1, 0.15) is 12.0 Å². The SMILES string of the molecule is O=C(CCS(=O)Cc1ccc(F)cc1Cl)Nc1ccc(F)cc1. The Morgan fingerprint density at radius 1 is 1.09 bits per heavy atom. The molecule has 23 heavy (non-hydrogen) atoms. The van der Waals surface area contributed by atoms with E-state index in [4.69, 9.17) is 11.6 Å². The first kappa shape index (κ1) is 17.6. The summed E-state index contributed by atoms with van der Waals surface area (Å²) in [5.74, 6) is -0.845. The normalized spacial score (nSPS) is 12.0. The molecular weight excluding hydrogens is 344 g/mol. The number of nitrogens with one attached hydrogen (secondary N) is 1. The van der Waals surface area contributed by atoms with E-state index in [-0.39, 0.29) is 34.7 Å². The predicted octanol–water partition coefficient (Wildman–Crippen LogP) is 3.90. The van der Waals surface area contributed by atoms with Crippen molar-refractivity contribution in [1.29, 1.82) is 0 Å². The number of benzene rings is 2. The Morgan fingerprint density at radius 2 is 1.74 bits per heavy atom. The number of hydrogen-bond acceptors (Lipinski definition) is 2. The lowest BCUT2D eigenvalue weighted by molar-refractivity contribution is -0.115. The lowest BCUT2D eigenvalue weighted by atomic mass is 10.2. The van der Waals surface area contributed by atoms with Crippen molar-refractivity contribution in [2.24, 2.45) is 0 Å². The Morgan fingerprint density at radius 3 is 2.39 bits per heavy atom. The highest BCUT2D eigenvalue weighted by molar-refractivity contribution is 7.84. The van der Waals surface area contributed by atoms with Crippen molar-refractivity contribution in [2.75, 3.05) is 11.1 Å². The minimum absolute atomic E-state index is 0.0583. The van der Waals surface area contributed by atoms with Gasteiger partial charge in [0.25, 0.3) is 0 Å². The van der Waals surface area contributed by atoms with Crippen molar-refractivity contribution in [3.8, 4) is 0 Å². The van der Waals surface area contributed by atoms with Gasteiger partial charge in [0.2, 0.25) is 5.91 Å². The summed E-state index contributed by atoms with van der Waals surface area (Å²) in [4.78, 5) is 11.8. The highest BCUT2D eigenvalue weighted by Crippen LogP contribution is 2.19. The summed E-state index contributed by atoms with van der Waals surface area (Å²) >= 11 is 5.87. The molecule has 0 saturated heterocycles. The molecular formula is C16H14ClF2NO2S. The third kappa shape index (κ3) is 5.73. The van der Waals surface area contributed by atoms with Crippen LogP contribution in [0.15, 0.2) is 42.5 Å². The molecule has 2 rings (SSSR count). The number of hydrogen-bond donors (Lipinski definition) is 1. The maximum atomic E-state index is 12.9. The molecule has 0 fully saturated rings. The van der Waals surface area contributed by atoms with E-state index in [9.17, 15) is 17.8 Å². The van der Waals surface area contributed by atoms with Gasteiger partial charge in [-0.05, 0) is 42.0 Å². The van der Waals surface area contributed by atoms with Gasteiger partial charge in [0, 0.05) is 33.7 Å². The molecule has 0 aromatic heterocycles. The highest BCUT2D eigenvalue weighted by Gasteiger charge is 2.10. The summed E-state index contributed by atoms with van der Waals surface area (Å²) in [6.45, 7) is 0. The first-order valence-electron chi connectivity index (χ1n) is 6.78. The molecule has 122 valence electrons. The summed E-state index contributed by atoms with van der Waals surface area (Å²) in [5, 5.41) is 2.81. The van der Waals surface area contributed by atoms with Crippen molar-refractivity contribution in [3.63, 3.8) is 0 Å². The molecule has 1 amide bonds. The van der Waals surface area contributed by atoms with Gasteiger partial charge >= 0.3 is 0 Å². The molecule has 0 saturated carbocycles. The fourth-order valence-electron chi connectivity index (χ4n) is 1.85. The zero-order chi connectivity index (χ0) is 16.8. The van der Waals surface area contributed by atoms with Gasteiger partial charge in [-0.1, -0.05) is 17.7 Å². The Hall–Kier alpha value is -1.79. The molecule has 0 radical (unpaired) electrons. The van der Waals surface area contributed by atoms with Crippen LogP contribution in [0.5, 0.6) is 0 Å². The van der Waals surface area contributed by atoms with Gasteiger partial charge in [0.05, 0.1) is 5.75 Å². The third-order valence-electron chi connectivity index (χ3n) is 3.02. The predicted molar refractivity (Wildman–Crippen MR) is 87.8 cm³/mol. The van der Waals surface area contributed by atoms with Crippen molar-refractivity contribution in [3.05, 3.63) is 64.7 Å². The molecule has 0 bridgehead atoms. The Labute approximate surface area is 140 Å². The second-order valence-corrected chi connectivity index (χ2v) is 6.81. The Kier molecular flexibility index (Phi) is 6.24. The van der Waals surface area contributed by atoms with E-state index in [0.29, 0.717) is 11.3 Å². The van der Waals surface area contributed by atoms with Crippen molar-refractivity contribution in [2.45, 2.75) is 12.2 Å². The van der Waals surface area contributed by atoms with Crippen molar-refractivity contribution < 1.29 is 17.8 Å². The lowest BCUT2D eigenvalue weighted by Gasteiger charge is -2.06. The van der Waals surface area contributed by atoms with E-state index in [2.05, 4.69) is 5.32 Å². The summed E-state index contributed by atoms with van der Waals surface area (Å²) in [5.41, 5.74) is 1.05. The molecule has 0 aliphatic heterocycles. The van der Waals surface area contributed by atoms with Crippen LogP contribution in [-0.2, 0) is 21.3 Å².